The molecular formula is C26H21N7O4S. The molecule has 5 aromatic rings. The fraction of sp³-hybridized carbons (Fsp3) is 0.115. The molecule has 0 atom stereocenters. The number of carbonyl (C=O) groups excluding carboxylic acids is 1. The average Bonchev–Trinajstić information content (AvgIpc) is 3.40. The van der Waals surface area contributed by atoms with E-state index in [1.807, 2.05) is 24.4 Å². The minimum Gasteiger partial charge on any atom is -0.480 e. The van der Waals surface area contributed by atoms with Crippen molar-refractivity contribution in [2.45, 2.75) is 11.4 Å². The number of nitrogens with one attached hydrogen (secondary N) is 2. The van der Waals surface area contributed by atoms with Crippen molar-refractivity contribution in [2.24, 2.45) is 0 Å². The zero-order chi connectivity index (χ0) is 26.3. The van der Waals surface area contributed by atoms with Gasteiger partial charge in [0.05, 0.1) is 36.0 Å². The van der Waals surface area contributed by atoms with Crippen molar-refractivity contribution < 1.29 is 17.9 Å². The summed E-state index contributed by atoms with van der Waals surface area (Å²) >= 11 is 0. The molecule has 38 heavy (non-hydrogen) atoms. The highest BCUT2D eigenvalue weighted by Gasteiger charge is 2.20. The second-order valence-electron chi connectivity index (χ2n) is 8.62. The number of aromatic nitrogens is 5. The lowest BCUT2D eigenvalue weighted by atomic mass is 10.0. The standard InChI is InChI=1S/C26H21N7O4S/c1-37-26-23-11-18(12-28-26)16-5-6-22-21(10-16)24(30-15-29-22)19-13-31-33(14-19)8-7-27-25(34)17-3-2-4-20(9-17)38(35,36)32-23/h2-6,9-15,32H,7-8H2,1H3,(H,27,34). The molecule has 0 unspecified atom stereocenters. The Kier molecular flexibility index (Phi) is 5.72. The van der Waals surface area contributed by atoms with Crippen LogP contribution >= 0.6 is 0 Å². The summed E-state index contributed by atoms with van der Waals surface area (Å²) in [5.41, 5.74) is 4.05. The molecule has 0 fully saturated rings. The second kappa shape index (κ2) is 9.23. The maximum absolute atomic E-state index is 13.3. The summed E-state index contributed by atoms with van der Waals surface area (Å²) in [6.45, 7) is 0.704. The van der Waals surface area contributed by atoms with Crippen molar-refractivity contribution in [3.8, 4) is 28.3 Å². The molecule has 0 radical (unpaired) electrons. The van der Waals surface area contributed by atoms with E-state index in [9.17, 15) is 13.2 Å². The number of methoxy groups -OCH3 is 1. The minimum atomic E-state index is -4.07. The van der Waals surface area contributed by atoms with Gasteiger partial charge in [-0.15, -0.1) is 0 Å². The number of ether oxygens (including phenoxy) is 1. The van der Waals surface area contributed by atoms with E-state index in [0.29, 0.717) is 24.3 Å². The Morgan fingerprint density at radius 2 is 1.84 bits per heavy atom. The van der Waals surface area contributed by atoms with Crippen molar-refractivity contribution in [1.82, 2.24) is 30.0 Å². The van der Waals surface area contributed by atoms with Gasteiger partial charge in [0.15, 0.2) is 0 Å². The molecule has 190 valence electrons. The van der Waals surface area contributed by atoms with E-state index in [1.54, 1.807) is 29.2 Å². The quantitative estimate of drug-likeness (QED) is 0.339. The highest BCUT2D eigenvalue weighted by atomic mass is 32.2. The van der Waals surface area contributed by atoms with E-state index in [2.05, 4.69) is 30.1 Å². The van der Waals surface area contributed by atoms with Crippen LogP contribution < -0.4 is 14.8 Å². The first kappa shape index (κ1) is 23.6. The van der Waals surface area contributed by atoms with Gasteiger partial charge in [0.25, 0.3) is 15.9 Å². The van der Waals surface area contributed by atoms with Crippen molar-refractivity contribution in [3.63, 3.8) is 0 Å². The van der Waals surface area contributed by atoms with Crippen LogP contribution in [0.15, 0.2) is 78.3 Å². The number of hydrogen-bond donors (Lipinski definition) is 2. The van der Waals surface area contributed by atoms with Gasteiger partial charge in [-0.05, 0) is 42.0 Å². The number of pyridine rings is 1. The predicted octanol–water partition coefficient (Wildman–Crippen LogP) is 3.11. The van der Waals surface area contributed by atoms with Crippen molar-refractivity contribution >= 4 is 32.5 Å². The molecule has 0 aliphatic carbocycles. The van der Waals surface area contributed by atoms with Gasteiger partial charge in [-0.2, -0.15) is 5.10 Å². The molecule has 0 spiro atoms. The van der Waals surface area contributed by atoms with E-state index in [0.717, 1.165) is 22.0 Å². The largest absolute Gasteiger partial charge is 0.480 e. The van der Waals surface area contributed by atoms with Crippen LogP contribution in [0.3, 0.4) is 0 Å². The lowest BCUT2D eigenvalue weighted by Gasteiger charge is -2.14. The average molecular weight is 528 g/mol. The number of anilines is 1. The lowest BCUT2D eigenvalue weighted by molar-refractivity contribution is 0.0951. The number of carbonyl (C=O) groups is 1. The Labute approximate surface area is 217 Å². The Morgan fingerprint density at radius 3 is 2.71 bits per heavy atom. The summed E-state index contributed by atoms with van der Waals surface area (Å²) in [5, 5.41) is 8.02. The molecule has 12 heteroatoms. The van der Waals surface area contributed by atoms with Crippen molar-refractivity contribution in [1.29, 1.82) is 0 Å². The monoisotopic (exact) mass is 527 g/mol. The van der Waals surface area contributed by atoms with Gasteiger partial charge in [0, 0.05) is 41.0 Å². The maximum atomic E-state index is 13.3. The molecule has 11 nitrogen and oxygen atoms in total. The topological polar surface area (TPSA) is 141 Å². The van der Waals surface area contributed by atoms with Gasteiger partial charge in [0.2, 0.25) is 5.88 Å². The fourth-order valence-corrected chi connectivity index (χ4v) is 5.41. The highest BCUT2D eigenvalue weighted by Crippen LogP contribution is 2.33. The van der Waals surface area contributed by atoms with Crippen LogP contribution in [0.5, 0.6) is 5.88 Å². The first-order chi connectivity index (χ1) is 18.4. The third-order valence-corrected chi connectivity index (χ3v) is 7.56. The number of fused-ring (bicyclic) bond motifs is 9. The zero-order valence-electron chi connectivity index (χ0n) is 20.1. The molecule has 2 aromatic carbocycles. The maximum Gasteiger partial charge on any atom is 0.262 e. The SMILES string of the molecule is COc1ncc2cc1NS(=O)(=O)c1cccc(c1)C(=O)NCCn1cc(cn1)-c1ncnc3ccc-2cc13. The first-order valence-electron chi connectivity index (χ1n) is 11.6. The van der Waals surface area contributed by atoms with Crippen molar-refractivity contribution in [3.05, 3.63) is 79.0 Å². The summed E-state index contributed by atoms with van der Waals surface area (Å²) in [5.74, 6) is -0.295. The lowest BCUT2D eigenvalue weighted by Crippen LogP contribution is -2.27. The Bertz CT molecular complexity index is 1820. The zero-order valence-corrected chi connectivity index (χ0v) is 20.9. The summed E-state index contributed by atoms with van der Waals surface area (Å²) in [7, 11) is -2.66. The predicted molar refractivity (Wildman–Crippen MR) is 140 cm³/mol. The van der Waals surface area contributed by atoms with Crippen LogP contribution in [0.1, 0.15) is 10.4 Å². The molecular weight excluding hydrogens is 506 g/mol. The van der Waals surface area contributed by atoms with Gasteiger partial charge < -0.3 is 10.1 Å². The van der Waals surface area contributed by atoms with Crippen LogP contribution in [-0.2, 0) is 16.6 Å². The number of nitrogens with zero attached hydrogens (tertiary/aromatic N) is 5. The van der Waals surface area contributed by atoms with E-state index in [1.165, 1.54) is 31.6 Å². The number of benzene rings is 2. The molecule has 4 heterocycles. The summed E-state index contributed by atoms with van der Waals surface area (Å²) in [4.78, 5) is 25.9. The third kappa shape index (κ3) is 4.30. The van der Waals surface area contributed by atoms with Gasteiger partial charge in [-0.25, -0.2) is 23.4 Å². The molecule has 3 aromatic heterocycles. The van der Waals surface area contributed by atoms with E-state index < -0.39 is 15.9 Å². The first-order valence-corrected chi connectivity index (χ1v) is 13.1. The molecule has 1 aliphatic heterocycles. The van der Waals surface area contributed by atoms with E-state index >= 15 is 0 Å². The van der Waals surface area contributed by atoms with Crippen molar-refractivity contribution in [2.75, 3.05) is 18.4 Å². The number of amides is 1. The number of rotatable bonds is 1. The number of hydrogen-bond acceptors (Lipinski definition) is 8. The normalized spacial score (nSPS) is 14.6. The van der Waals surface area contributed by atoms with Crippen LogP contribution in [0, 0.1) is 0 Å². The van der Waals surface area contributed by atoms with Gasteiger partial charge in [-0.3, -0.25) is 14.2 Å². The molecule has 0 saturated carbocycles. The Hall–Kier alpha value is -4.84. The Morgan fingerprint density at radius 1 is 0.947 bits per heavy atom. The van der Waals surface area contributed by atoms with Crippen LogP contribution in [0.25, 0.3) is 33.3 Å². The van der Waals surface area contributed by atoms with E-state index in [4.69, 9.17) is 4.74 Å². The molecule has 1 aliphatic rings. The van der Waals surface area contributed by atoms with Crippen LogP contribution in [0.2, 0.25) is 0 Å². The third-order valence-electron chi connectivity index (χ3n) is 6.20. The summed E-state index contributed by atoms with van der Waals surface area (Å²) in [6, 6.07) is 13.2. The number of sulfonamides is 1. The Balaban J connectivity index is 1.54. The summed E-state index contributed by atoms with van der Waals surface area (Å²) < 4.78 is 36.2. The molecule has 2 N–H and O–H groups in total. The van der Waals surface area contributed by atoms with Crippen LogP contribution in [-0.4, -0.2) is 52.7 Å². The second-order valence-corrected chi connectivity index (χ2v) is 10.3. The van der Waals surface area contributed by atoms with Crippen LogP contribution in [0.4, 0.5) is 5.69 Å². The molecule has 1 amide bonds. The highest BCUT2D eigenvalue weighted by molar-refractivity contribution is 7.92. The minimum absolute atomic E-state index is 0.0697. The molecule has 6 rings (SSSR count). The van der Waals surface area contributed by atoms with E-state index in [-0.39, 0.29) is 22.0 Å². The van der Waals surface area contributed by atoms with Gasteiger partial charge >= 0.3 is 0 Å². The summed E-state index contributed by atoms with van der Waals surface area (Å²) in [6.07, 6.45) is 6.69. The smallest absolute Gasteiger partial charge is 0.262 e. The fourth-order valence-electron chi connectivity index (χ4n) is 4.31. The van der Waals surface area contributed by atoms with Gasteiger partial charge in [0.1, 0.15) is 12.0 Å². The molecule has 8 bridgehead atoms. The molecule has 0 saturated heterocycles. The van der Waals surface area contributed by atoms with Gasteiger partial charge in [-0.1, -0.05) is 12.1 Å².